The summed E-state index contributed by atoms with van der Waals surface area (Å²) in [4.78, 5) is 30.8. The van der Waals surface area contributed by atoms with Crippen LogP contribution in [0.1, 0.15) is 93.6 Å². The zero-order chi connectivity index (χ0) is 24.0. The first-order valence-corrected chi connectivity index (χ1v) is 12.5. The third kappa shape index (κ3) is 6.56. The number of pyridine rings is 1. The quantitative estimate of drug-likeness (QED) is 0.723. The van der Waals surface area contributed by atoms with E-state index in [1.165, 1.54) is 32.1 Å². The zero-order valence-corrected chi connectivity index (χ0v) is 20.8. The van der Waals surface area contributed by atoms with E-state index in [9.17, 15) is 9.59 Å². The molecule has 1 saturated heterocycles. The molecule has 2 amide bonds. The topological polar surface area (TPSA) is 92.7 Å². The third-order valence-electron chi connectivity index (χ3n) is 6.94. The summed E-state index contributed by atoms with van der Waals surface area (Å²) >= 11 is 0. The van der Waals surface area contributed by atoms with Crippen molar-refractivity contribution in [3.05, 3.63) is 35.8 Å². The number of nitrogens with zero attached hydrogens (tertiary/aromatic N) is 3. The molecule has 0 aromatic carbocycles. The summed E-state index contributed by atoms with van der Waals surface area (Å²) in [6.45, 7) is 10.8. The first-order chi connectivity index (χ1) is 15.7. The molecule has 7 nitrogen and oxygen atoms in total. The van der Waals surface area contributed by atoms with E-state index >= 15 is 0 Å². The highest BCUT2D eigenvalue weighted by atomic mass is 16.2. The Bertz CT molecular complexity index is 932. The van der Waals surface area contributed by atoms with Crippen LogP contribution in [0.2, 0.25) is 0 Å². The van der Waals surface area contributed by atoms with E-state index in [0.717, 1.165) is 18.8 Å². The lowest BCUT2D eigenvalue weighted by molar-refractivity contribution is 0.0709. The maximum absolute atomic E-state index is 12.6. The average molecular weight is 456 g/mol. The van der Waals surface area contributed by atoms with Gasteiger partial charge in [0.05, 0.1) is 0 Å². The van der Waals surface area contributed by atoms with Crippen molar-refractivity contribution < 1.29 is 9.59 Å². The molecule has 182 valence electrons. The van der Waals surface area contributed by atoms with Gasteiger partial charge < -0.3 is 16.0 Å². The molecule has 2 aromatic rings. The van der Waals surface area contributed by atoms with Crippen molar-refractivity contribution in [3.8, 4) is 0 Å². The van der Waals surface area contributed by atoms with Crippen LogP contribution in [-0.4, -0.2) is 51.8 Å². The van der Waals surface area contributed by atoms with Gasteiger partial charge in [-0.3, -0.25) is 14.0 Å². The molecule has 2 fully saturated rings. The maximum atomic E-state index is 12.6. The van der Waals surface area contributed by atoms with Gasteiger partial charge >= 0.3 is 0 Å². The average Bonchev–Trinajstić information content (AvgIpc) is 3.24. The molecular weight excluding hydrogens is 414 g/mol. The molecule has 33 heavy (non-hydrogen) atoms. The molecule has 1 aliphatic heterocycles. The Morgan fingerprint density at radius 3 is 2.33 bits per heavy atom. The van der Waals surface area contributed by atoms with E-state index < -0.39 is 0 Å². The minimum atomic E-state index is -0.182. The van der Waals surface area contributed by atoms with Crippen molar-refractivity contribution in [2.75, 3.05) is 19.6 Å². The summed E-state index contributed by atoms with van der Waals surface area (Å²) in [6.07, 6.45) is 10.6. The molecule has 0 atom stereocenters. The summed E-state index contributed by atoms with van der Waals surface area (Å²) < 4.78 is 1.66. The predicted octanol–water partition coefficient (Wildman–Crippen LogP) is 4.26. The van der Waals surface area contributed by atoms with E-state index in [0.29, 0.717) is 42.1 Å². The number of amides is 2. The monoisotopic (exact) mass is 455 g/mol. The van der Waals surface area contributed by atoms with E-state index in [1.807, 2.05) is 6.92 Å². The van der Waals surface area contributed by atoms with Crippen LogP contribution in [0.15, 0.2) is 24.4 Å². The Labute approximate surface area is 198 Å². The van der Waals surface area contributed by atoms with Crippen LogP contribution in [0, 0.1) is 11.3 Å². The van der Waals surface area contributed by atoms with Gasteiger partial charge in [0.25, 0.3) is 11.8 Å². The van der Waals surface area contributed by atoms with Gasteiger partial charge in [-0.15, -0.1) is 0 Å². The molecule has 1 saturated carbocycles. The molecule has 2 aromatic heterocycles. The van der Waals surface area contributed by atoms with E-state index in [2.05, 4.69) is 31.1 Å². The van der Waals surface area contributed by atoms with Crippen LogP contribution >= 0.6 is 0 Å². The number of carbonyl (C=O) groups excluding carboxylic acids is 2. The minimum absolute atomic E-state index is 0.109. The number of fused-ring (bicyclic) bond motifs is 1. The van der Waals surface area contributed by atoms with Crippen LogP contribution in [0.3, 0.4) is 0 Å². The molecule has 3 N–H and O–H groups in total. The fourth-order valence-corrected chi connectivity index (χ4v) is 4.78. The molecule has 7 heteroatoms. The molecule has 0 radical (unpaired) electrons. The number of hydrogen-bond donors (Lipinski definition) is 2. The molecule has 3 heterocycles. The number of nitrogens with one attached hydrogen (secondary N) is 1. The van der Waals surface area contributed by atoms with Crippen molar-refractivity contribution in [1.82, 2.24) is 19.6 Å². The predicted molar refractivity (Wildman–Crippen MR) is 132 cm³/mol. The van der Waals surface area contributed by atoms with Crippen molar-refractivity contribution in [1.29, 1.82) is 0 Å². The van der Waals surface area contributed by atoms with Gasteiger partial charge in [0.1, 0.15) is 17.0 Å². The van der Waals surface area contributed by atoms with Crippen LogP contribution in [-0.2, 0) is 0 Å². The Kier molecular flexibility index (Phi) is 8.51. The van der Waals surface area contributed by atoms with E-state index in [4.69, 9.17) is 5.73 Å². The molecule has 4 rings (SSSR count). The lowest BCUT2D eigenvalue weighted by Crippen LogP contribution is -2.42. The van der Waals surface area contributed by atoms with E-state index in [1.54, 1.807) is 33.7 Å². The summed E-state index contributed by atoms with van der Waals surface area (Å²) in [7, 11) is 0. The minimum Gasteiger partial charge on any atom is -0.351 e. The number of rotatable bonds is 3. The van der Waals surface area contributed by atoms with Crippen LogP contribution < -0.4 is 11.1 Å². The Balaban J connectivity index is 0.000000257. The second kappa shape index (κ2) is 11.1. The second-order valence-corrected chi connectivity index (χ2v) is 10.5. The highest BCUT2D eigenvalue weighted by Crippen LogP contribution is 2.37. The number of imidazole rings is 1. The summed E-state index contributed by atoms with van der Waals surface area (Å²) in [5, 5.41) is 2.76. The SMILES string of the molecule is CC(C)(C)C1CCCCC1.CCNC(=O)c1cccc2nc(C(=O)N3CCC(N)CC3)cn12. The molecule has 1 aliphatic carbocycles. The Hall–Kier alpha value is -2.41. The van der Waals surface area contributed by atoms with Gasteiger partial charge in [0.15, 0.2) is 0 Å². The van der Waals surface area contributed by atoms with Crippen LogP contribution in [0.25, 0.3) is 5.65 Å². The third-order valence-corrected chi connectivity index (χ3v) is 6.94. The molecular formula is C26H41N5O2. The summed E-state index contributed by atoms with van der Waals surface area (Å²) in [5.74, 6) is 0.710. The Morgan fingerprint density at radius 2 is 1.76 bits per heavy atom. The fraction of sp³-hybridized carbons (Fsp3) is 0.654. The number of nitrogens with two attached hydrogens (primary N) is 1. The number of piperidine rings is 1. The van der Waals surface area contributed by atoms with Gasteiger partial charge in [0, 0.05) is 31.9 Å². The van der Waals surface area contributed by atoms with Crippen LogP contribution in [0.5, 0.6) is 0 Å². The molecule has 0 spiro atoms. The standard InChI is InChI=1S/C16H21N5O2.C10H20/c1-2-18-15(22)13-4-3-5-14-19-12(10-21(13)14)16(23)20-8-6-11(17)7-9-20;1-10(2,3)9-7-5-4-6-8-9/h3-5,10-11H,2,6-9,17H2,1H3,(H,18,22);9H,4-8H2,1-3H3. The van der Waals surface area contributed by atoms with Crippen molar-refractivity contribution in [2.24, 2.45) is 17.1 Å². The molecule has 0 bridgehead atoms. The smallest absolute Gasteiger partial charge is 0.274 e. The Morgan fingerprint density at radius 1 is 1.09 bits per heavy atom. The summed E-state index contributed by atoms with van der Waals surface area (Å²) in [5.41, 5.74) is 7.86. The largest absolute Gasteiger partial charge is 0.351 e. The second-order valence-electron chi connectivity index (χ2n) is 10.5. The number of aromatic nitrogens is 2. The van der Waals surface area contributed by atoms with Gasteiger partial charge in [-0.2, -0.15) is 0 Å². The first kappa shape index (κ1) is 25.2. The molecule has 0 unspecified atom stereocenters. The van der Waals surface area contributed by atoms with Crippen molar-refractivity contribution >= 4 is 17.5 Å². The first-order valence-electron chi connectivity index (χ1n) is 12.5. The van der Waals surface area contributed by atoms with Gasteiger partial charge in [-0.05, 0) is 56.1 Å². The van der Waals surface area contributed by atoms with Crippen molar-refractivity contribution in [3.63, 3.8) is 0 Å². The zero-order valence-electron chi connectivity index (χ0n) is 20.8. The van der Waals surface area contributed by atoms with Crippen molar-refractivity contribution in [2.45, 2.75) is 78.7 Å². The molecule has 2 aliphatic rings. The number of carbonyl (C=O) groups is 2. The fourth-order valence-electron chi connectivity index (χ4n) is 4.78. The van der Waals surface area contributed by atoms with Crippen LogP contribution in [0.4, 0.5) is 0 Å². The highest BCUT2D eigenvalue weighted by molar-refractivity contribution is 5.95. The van der Waals surface area contributed by atoms with Gasteiger partial charge in [-0.1, -0.05) is 46.1 Å². The number of likely N-dealkylation sites (tertiary alicyclic amines) is 1. The lowest BCUT2D eigenvalue weighted by atomic mass is 9.72. The maximum Gasteiger partial charge on any atom is 0.274 e. The van der Waals surface area contributed by atoms with Gasteiger partial charge in [0.2, 0.25) is 0 Å². The lowest BCUT2D eigenvalue weighted by Gasteiger charge is -2.33. The normalized spacial score (nSPS) is 18.0. The van der Waals surface area contributed by atoms with Gasteiger partial charge in [-0.25, -0.2) is 4.98 Å². The van der Waals surface area contributed by atoms with E-state index in [-0.39, 0.29) is 17.9 Å². The summed E-state index contributed by atoms with van der Waals surface area (Å²) in [6, 6.07) is 5.44. The highest BCUT2D eigenvalue weighted by Gasteiger charge is 2.26. The number of hydrogen-bond acceptors (Lipinski definition) is 4.